The zero-order valence-corrected chi connectivity index (χ0v) is 13.5. The number of aryl methyl sites for hydroxylation is 1. The first kappa shape index (κ1) is 14.6. The molecule has 0 radical (unpaired) electrons. The van der Waals surface area contributed by atoms with Gasteiger partial charge in [-0.15, -0.1) is 10.2 Å². The normalized spacial score (nSPS) is 15.2. The summed E-state index contributed by atoms with van der Waals surface area (Å²) in [5, 5.41) is 21.7. The minimum absolute atomic E-state index is 0.180. The molecule has 0 amide bonds. The zero-order valence-electron chi connectivity index (χ0n) is 13.5. The highest BCUT2D eigenvalue weighted by Crippen LogP contribution is 2.38. The average Bonchev–Trinajstić information content (AvgIpc) is 3.21. The minimum atomic E-state index is -0.180. The van der Waals surface area contributed by atoms with Crippen molar-refractivity contribution in [2.24, 2.45) is 0 Å². The second-order valence-electron chi connectivity index (χ2n) is 6.07. The lowest BCUT2D eigenvalue weighted by Gasteiger charge is -2.13. The Hall–Kier alpha value is -3.01. The Morgan fingerprint density at radius 1 is 1.33 bits per heavy atom. The molecular weight excluding hydrogens is 304 g/mol. The van der Waals surface area contributed by atoms with Gasteiger partial charge in [0, 0.05) is 11.5 Å². The van der Waals surface area contributed by atoms with Crippen LogP contribution in [0.4, 0.5) is 0 Å². The highest BCUT2D eigenvalue weighted by molar-refractivity contribution is 5.58. The summed E-state index contributed by atoms with van der Waals surface area (Å²) < 4.78 is 7.41. The van der Waals surface area contributed by atoms with Crippen molar-refractivity contribution in [2.75, 3.05) is 0 Å². The number of nitrogens with zero attached hydrogens (tertiary/aromatic N) is 6. The maximum Gasteiger partial charge on any atom is 0.249 e. The molecule has 2 aromatic heterocycles. The Kier molecular flexibility index (Phi) is 3.38. The highest BCUT2D eigenvalue weighted by Gasteiger charge is 2.30. The largest absolute Gasteiger partial charge is 0.337 e. The van der Waals surface area contributed by atoms with Gasteiger partial charge in [0.05, 0.1) is 11.6 Å². The summed E-state index contributed by atoms with van der Waals surface area (Å²) >= 11 is 0. The lowest BCUT2D eigenvalue weighted by Crippen LogP contribution is -2.11. The summed E-state index contributed by atoms with van der Waals surface area (Å²) in [6.45, 7) is 3.87. The third-order valence-electron chi connectivity index (χ3n) is 4.26. The molecule has 1 fully saturated rings. The average molecular weight is 320 g/mol. The van der Waals surface area contributed by atoms with Crippen molar-refractivity contribution in [2.45, 2.75) is 38.6 Å². The SMILES string of the molecule is Cc1nnc(-c2cccc(C#N)c2)n1[C@@H](C)c1nc(C2CC2)no1. The monoisotopic (exact) mass is 320 g/mol. The van der Waals surface area contributed by atoms with Crippen LogP contribution in [0.5, 0.6) is 0 Å². The second-order valence-corrected chi connectivity index (χ2v) is 6.07. The predicted octanol–water partition coefficient (Wildman–Crippen LogP) is 2.99. The van der Waals surface area contributed by atoms with Crippen LogP contribution in [0.2, 0.25) is 0 Å². The molecule has 0 N–H and O–H groups in total. The topological polar surface area (TPSA) is 93.4 Å². The first-order valence-corrected chi connectivity index (χ1v) is 7.93. The Labute approximate surface area is 138 Å². The fraction of sp³-hybridized carbons (Fsp3) is 0.353. The maximum absolute atomic E-state index is 9.11. The molecule has 1 atom stereocenters. The van der Waals surface area contributed by atoms with E-state index in [-0.39, 0.29) is 6.04 Å². The molecule has 120 valence electrons. The van der Waals surface area contributed by atoms with Gasteiger partial charge in [0.2, 0.25) is 5.89 Å². The Morgan fingerprint density at radius 2 is 2.17 bits per heavy atom. The van der Waals surface area contributed by atoms with E-state index in [1.54, 1.807) is 12.1 Å². The van der Waals surface area contributed by atoms with E-state index in [1.165, 1.54) is 0 Å². The lowest BCUT2D eigenvalue weighted by atomic mass is 10.1. The Balaban J connectivity index is 1.74. The third kappa shape index (κ3) is 2.46. The number of nitriles is 1. The highest BCUT2D eigenvalue weighted by atomic mass is 16.5. The van der Waals surface area contributed by atoms with Gasteiger partial charge < -0.3 is 4.52 Å². The number of hydrogen-bond acceptors (Lipinski definition) is 6. The number of rotatable bonds is 4. The second kappa shape index (κ2) is 5.57. The summed E-state index contributed by atoms with van der Waals surface area (Å²) in [5.74, 6) is 3.23. The fourth-order valence-corrected chi connectivity index (χ4v) is 2.79. The molecule has 0 saturated heterocycles. The van der Waals surface area contributed by atoms with Crippen molar-refractivity contribution in [1.29, 1.82) is 5.26 Å². The molecule has 1 aromatic carbocycles. The van der Waals surface area contributed by atoms with Gasteiger partial charge in [-0.25, -0.2) is 0 Å². The van der Waals surface area contributed by atoms with E-state index >= 15 is 0 Å². The predicted molar refractivity (Wildman–Crippen MR) is 85.0 cm³/mol. The van der Waals surface area contributed by atoms with E-state index in [1.807, 2.05) is 30.5 Å². The van der Waals surface area contributed by atoms with Crippen LogP contribution in [0.25, 0.3) is 11.4 Å². The molecule has 0 unspecified atom stereocenters. The van der Waals surface area contributed by atoms with Crippen LogP contribution in [-0.4, -0.2) is 24.9 Å². The van der Waals surface area contributed by atoms with Gasteiger partial charge >= 0.3 is 0 Å². The fourth-order valence-electron chi connectivity index (χ4n) is 2.79. The van der Waals surface area contributed by atoms with Gasteiger partial charge in [0.15, 0.2) is 11.6 Å². The summed E-state index contributed by atoms with van der Waals surface area (Å²) in [7, 11) is 0. The van der Waals surface area contributed by atoms with Crippen molar-refractivity contribution < 1.29 is 4.52 Å². The molecule has 1 aliphatic rings. The van der Waals surface area contributed by atoms with Gasteiger partial charge in [-0.05, 0) is 38.8 Å². The molecule has 4 rings (SSSR count). The molecule has 3 aromatic rings. The van der Waals surface area contributed by atoms with Crippen LogP contribution in [0.3, 0.4) is 0 Å². The molecule has 0 spiro atoms. The van der Waals surface area contributed by atoms with Crippen LogP contribution in [0.1, 0.15) is 54.8 Å². The van der Waals surface area contributed by atoms with Gasteiger partial charge in [-0.2, -0.15) is 10.2 Å². The Morgan fingerprint density at radius 3 is 2.92 bits per heavy atom. The van der Waals surface area contributed by atoms with Crippen LogP contribution >= 0.6 is 0 Å². The van der Waals surface area contributed by atoms with Crippen LogP contribution < -0.4 is 0 Å². The minimum Gasteiger partial charge on any atom is -0.337 e. The molecule has 7 nitrogen and oxygen atoms in total. The van der Waals surface area contributed by atoms with Crippen molar-refractivity contribution in [1.82, 2.24) is 24.9 Å². The van der Waals surface area contributed by atoms with Crippen LogP contribution in [0.15, 0.2) is 28.8 Å². The van der Waals surface area contributed by atoms with Gasteiger partial charge in [-0.1, -0.05) is 17.3 Å². The Bertz CT molecular complexity index is 931. The first-order valence-electron chi connectivity index (χ1n) is 7.93. The van der Waals surface area contributed by atoms with Crippen molar-refractivity contribution >= 4 is 0 Å². The quantitative estimate of drug-likeness (QED) is 0.733. The van der Waals surface area contributed by atoms with E-state index < -0.39 is 0 Å². The van der Waals surface area contributed by atoms with Crippen molar-refractivity contribution in [3.63, 3.8) is 0 Å². The van der Waals surface area contributed by atoms with E-state index in [2.05, 4.69) is 26.4 Å². The van der Waals surface area contributed by atoms with Gasteiger partial charge in [0.25, 0.3) is 0 Å². The molecule has 0 aliphatic heterocycles. The first-order chi connectivity index (χ1) is 11.7. The number of hydrogen-bond donors (Lipinski definition) is 0. The molecule has 1 saturated carbocycles. The molecular formula is C17H16N6O. The lowest BCUT2D eigenvalue weighted by molar-refractivity contribution is 0.341. The zero-order chi connectivity index (χ0) is 16.7. The molecule has 2 heterocycles. The third-order valence-corrected chi connectivity index (χ3v) is 4.26. The number of benzene rings is 1. The van der Waals surface area contributed by atoms with E-state index in [0.717, 1.165) is 30.1 Å². The summed E-state index contributed by atoms with van der Waals surface area (Å²) in [6, 6.07) is 9.29. The van der Waals surface area contributed by atoms with E-state index in [0.29, 0.717) is 23.2 Å². The van der Waals surface area contributed by atoms with E-state index in [4.69, 9.17) is 9.78 Å². The van der Waals surface area contributed by atoms with Crippen molar-refractivity contribution in [3.8, 4) is 17.5 Å². The number of aromatic nitrogens is 5. The van der Waals surface area contributed by atoms with Gasteiger partial charge in [-0.3, -0.25) is 4.57 Å². The van der Waals surface area contributed by atoms with Crippen LogP contribution in [0, 0.1) is 18.3 Å². The standard InChI is InChI=1S/C17H16N6O/c1-10(17-19-15(22-24-17)13-6-7-13)23-11(2)20-21-16(23)14-5-3-4-12(8-14)9-18/h3-5,8,10,13H,6-7H2,1-2H3/t10-/m0/s1. The van der Waals surface area contributed by atoms with Crippen LogP contribution in [-0.2, 0) is 0 Å². The molecule has 24 heavy (non-hydrogen) atoms. The summed E-state index contributed by atoms with van der Waals surface area (Å²) in [4.78, 5) is 4.53. The van der Waals surface area contributed by atoms with Gasteiger partial charge in [0.1, 0.15) is 11.9 Å². The van der Waals surface area contributed by atoms with E-state index in [9.17, 15) is 0 Å². The maximum atomic E-state index is 9.11. The molecule has 1 aliphatic carbocycles. The summed E-state index contributed by atoms with van der Waals surface area (Å²) in [5.41, 5.74) is 1.42. The smallest absolute Gasteiger partial charge is 0.249 e. The van der Waals surface area contributed by atoms with Crippen molar-refractivity contribution in [3.05, 3.63) is 47.4 Å². The summed E-state index contributed by atoms with van der Waals surface area (Å²) in [6.07, 6.45) is 2.26. The molecule has 0 bridgehead atoms. The molecule has 7 heteroatoms.